The number of esters is 1. The van der Waals surface area contributed by atoms with E-state index >= 15 is 0 Å². The van der Waals surface area contributed by atoms with Crippen LogP contribution in [0, 0.1) is 5.92 Å². The Morgan fingerprint density at radius 1 is 1.38 bits per heavy atom. The Bertz CT molecular complexity index is 884. The predicted octanol–water partition coefficient (Wildman–Crippen LogP) is 2.85. The number of thiophene rings is 1. The zero-order chi connectivity index (χ0) is 18.7. The maximum absolute atomic E-state index is 12.5. The molecule has 2 heterocycles. The first-order chi connectivity index (χ1) is 12.5. The fourth-order valence-corrected chi connectivity index (χ4v) is 4.59. The Morgan fingerprint density at radius 3 is 2.92 bits per heavy atom. The van der Waals surface area contributed by atoms with Crippen LogP contribution in [0.3, 0.4) is 0 Å². The van der Waals surface area contributed by atoms with Gasteiger partial charge >= 0.3 is 5.97 Å². The molecule has 3 rings (SSSR count). The van der Waals surface area contributed by atoms with Gasteiger partial charge in [-0.3, -0.25) is 9.59 Å². The first-order valence-corrected chi connectivity index (χ1v) is 9.58. The number of aromatic nitrogens is 1. The first kappa shape index (κ1) is 18.4. The third kappa shape index (κ3) is 3.88. The van der Waals surface area contributed by atoms with Crippen molar-refractivity contribution in [2.45, 2.75) is 39.7 Å². The molecule has 0 saturated heterocycles. The van der Waals surface area contributed by atoms with Crippen molar-refractivity contribution in [3.63, 3.8) is 0 Å². The monoisotopic (exact) mass is 374 g/mol. The fraction of sp³-hybridized carbons (Fsp3) is 0.421. The van der Waals surface area contributed by atoms with Crippen molar-refractivity contribution in [2.24, 2.45) is 5.92 Å². The van der Waals surface area contributed by atoms with E-state index in [1.807, 2.05) is 0 Å². The number of nitrogens with one attached hydrogen (secondary N) is 1. The second-order valence-electron chi connectivity index (χ2n) is 6.49. The van der Waals surface area contributed by atoms with E-state index in [1.54, 1.807) is 25.3 Å². The molecule has 1 amide bonds. The number of pyridine rings is 1. The Labute approximate surface area is 155 Å². The van der Waals surface area contributed by atoms with Crippen LogP contribution in [0.15, 0.2) is 29.2 Å². The second-order valence-corrected chi connectivity index (χ2v) is 7.60. The van der Waals surface area contributed by atoms with E-state index in [1.165, 1.54) is 22.0 Å². The maximum Gasteiger partial charge on any atom is 0.341 e. The van der Waals surface area contributed by atoms with Crippen LogP contribution in [0.4, 0.5) is 5.00 Å². The number of carbonyl (C=O) groups is 2. The second kappa shape index (κ2) is 7.86. The summed E-state index contributed by atoms with van der Waals surface area (Å²) in [7, 11) is 0. The molecule has 0 aliphatic heterocycles. The SMILES string of the molecule is CCOC(=O)c1c(NC(=O)Cn2ccccc2=O)sc2c1CCC(C)C2. The lowest BCUT2D eigenvalue weighted by Crippen LogP contribution is -2.26. The van der Waals surface area contributed by atoms with Gasteiger partial charge in [0.25, 0.3) is 5.56 Å². The molecule has 1 aliphatic carbocycles. The van der Waals surface area contributed by atoms with E-state index in [2.05, 4.69) is 12.2 Å². The molecule has 1 N–H and O–H groups in total. The van der Waals surface area contributed by atoms with Gasteiger partial charge < -0.3 is 14.6 Å². The summed E-state index contributed by atoms with van der Waals surface area (Å²) in [5, 5.41) is 3.34. The largest absolute Gasteiger partial charge is 0.462 e. The van der Waals surface area contributed by atoms with E-state index in [0.717, 1.165) is 29.7 Å². The van der Waals surface area contributed by atoms with Crippen molar-refractivity contribution >= 4 is 28.2 Å². The van der Waals surface area contributed by atoms with Crippen molar-refractivity contribution in [2.75, 3.05) is 11.9 Å². The fourth-order valence-electron chi connectivity index (χ4n) is 3.17. The molecule has 1 unspecified atom stereocenters. The minimum absolute atomic E-state index is 0.0963. The number of fused-ring (bicyclic) bond motifs is 1. The van der Waals surface area contributed by atoms with Crippen molar-refractivity contribution < 1.29 is 14.3 Å². The zero-order valence-electron chi connectivity index (χ0n) is 14.9. The highest BCUT2D eigenvalue weighted by Crippen LogP contribution is 2.40. The summed E-state index contributed by atoms with van der Waals surface area (Å²) in [4.78, 5) is 37.8. The number of hydrogen-bond acceptors (Lipinski definition) is 5. The molecule has 0 spiro atoms. The highest BCUT2D eigenvalue weighted by atomic mass is 32.1. The van der Waals surface area contributed by atoms with Crippen molar-refractivity contribution in [3.05, 3.63) is 50.8 Å². The van der Waals surface area contributed by atoms with Gasteiger partial charge in [-0.15, -0.1) is 11.3 Å². The zero-order valence-corrected chi connectivity index (χ0v) is 15.7. The van der Waals surface area contributed by atoms with Crippen LogP contribution in [0.25, 0.3) is 0 Å². The van der Waals surface area contributed by atoms with Crippen molar-refractivity contribution in [1.82, 2.24) is 4.57 Å². The average molecular weight is 374 g/mol. The quantitative estimate of drug-likeness (QED) is 0.817. The Balaban J connectivity index is 1.86. The maximum atomic E-state index is 12.5. The van der Waals surface area contributed by atoms with Crippen LogP contribution in [0.5, 0.6) is 0 Å². The van der Waals surface area contributed by atoms with E-state index < -0.39 is 5.97 Å². The summed E-state index contributed by atoms with van der Waals surface area (Å²) in [5.41, 5.74) is 1.24. The molecule has 7 heteroatoms. The van der Waals surface area contributed by atoms with Crippen LogP contribution in [-0.2, 0) is 28.9 Å². The molecule has 0 bridgehead atoms. The van der Waals surface area contributed by atoms with E-state index in [9.17, 15) is 14.4 Å². The lowest BCUT2D eigenvalue weighted by atomic mass is 9.88. The molecule has 6 nitrogen and oxygen atoms in total. The number of nitrogens with zero attached hydrogens (tertiary/aromatic N) is 1. The third-order valence-corrected chi connectivity index (χ3v) is 5.63. The summed E-state index contributed by atoms with van der Waals surface area (Å²) >= 11 is 1.44. The van der Waals surface area contributed by atoms with E-state index in [4.69, 9.17) is 4.74 Å². The highest BCUT2D eigenvalue weighted by Gasteiger charge is 2.29. The molecule has 2 aromatic rings. The normalized spacial score (nSPS) is 16.0. The number of carbonyl (C=O) groups excluding carboxylic acids is 2. The van der Waals surface area contributed by atoms with Gasteiger partial charge in [-0.2, -0.15) is 0 Å². The number of rotatable bonds is 5. The number of anilines is 1. The summed E-state index contributed by atoms with van der Waals surface area (Å²) in [6.07, 6.45) is 4.30. The molecule has 0 fully saturated rings. The standard InChI is InChI=1S/C19H22N2O4S/c1-3-25-19(24)17-13-8-7-12(2)10-14(13)26-18(17)20-15(22)11-21-9-5-4-6-16(21)23/h4-6,9,12H,3,7-8,10-11H2,1-2H3,(H,20,22). The van der Waals surface area contributed by atoms with Crippen LogP contribution in [-0.4, -0.2) is 23.1 Å². The van der Waals surface area contributed by atoms with Gasteiger partial charge in [-0.1, -0.05) is 13.0 Å². The van der Waals surface area contributed by atoms with Crippen LogP contribution < -0.4 is 10.9 Å². The smallest absolute Gasteiger partial charge is 0.341 e. The van der Waals surface area contributed by atoms with Crippen LogP contribution >= 0.6 is 11.3 Å². The van der Waals surface area contributed by atoms with E-state index in [-0.39, 0.29) is 24.6 Å². The first-order valence-electron chi connectivity index (χ1n) is 8.76. The summed E-state index contributed by atoms with van der Waals surface area (Å²) in [6.45, 7) is 4.14. The number of amides is 1. The van der Waals surface area contributed by atoms with Gasteiger partial charge in [-0.05, 0) is 43.7 Å². The Hall–Kier alpha value is -2.41. The van der Waals surface area contributed by atoms with Gasteiger partial charge in [0, 0.05) is 17.1 Å². The molecule has 1 atom stereocenters. The summed E-state index contributed by atoms with van der Waals surface area (Å²) in [6, 6.07) is 4.73. The van der Waals surface area contributed by atoms with Crippen molar-refractivity contribution in [1.29, 1.82) is 0 Å². The molecule has 0 saturated carbocycles. The Morgan fingerprint density at radius 2 is 2.19 bits per heavy atom. The topological polar surface area (TPSA) is 77.4 Å². The molecule has 2 aromatic heterocycles. The van der Waals surface area contributed by atoms with Crippen molar-refractivity contribution in [3.8, 4) is 0 Å². The van der Waals surface area contributed by atoms with Crippen LogP contribution in [0.2, 0.25) is 0 Å². The summed E-state index contributed by atoms with van der Waals surface area (Å²) in [5.74, 6) is -0.176. The molecule has 138 valence electrons. The molecule has 0 radical (unpaired) electrons. The Kier molecular flexibility index (Phi) is 5.56. The molecular formula is C19H22N2O4S. The minimum atomic E-state index is -0.397. The van der Waals surface area contributed by atoms with Gasteiger partial charge in [-0.25, -0.2) is 4.79 Å². The molecule has 1 aliphatic rings. The molecule has 0 aromatic carbocycles. The molecular weight excluding hydrogens is 352 g/mol. The van der Waals surface area contributed by atoms with Gasteiger partial charge in [0.2, 0.25) is 5.91 Å². The average Bonchev–Trinajstić information content (AvgIpc) is 2.93. The minimum Gasteiger partial charge on any atom is -0.462 e. The molecule has 26 heavy (non-hydrogen) atoms. The van der Waals surface area contributed by atoms with Gasteiger partial charge in [0.15, 0.2) is 0 Å². The van der Waals surface area contributed by atoms with Gasteiger partial charge in [0.1, 0.15) is 11.5 Å². The van der Waals surface area contributed by atoms with Gasteiger partial charge in [0.05, 0.1) is 12.2 Å². The van der Waals surface area contributed by atoms with E-state index in [0.29, 0.717) is 16.5 Å². The number of ether oxygens (including phenoxy) is 1. The lowest BCUT2D eigenvalue weighted by molar-refractivity contribution is -0.116. The predicted molar refractivity (Wildman–Crippen MR) is 101 cm³/mol. The van der Waals surface area contributed by atoms with Crippen LogP contribution in [0.1, 0.15) is 41.1 Å². The summed E-state index contributed by atoms with van der Waals surface area (Å²) < 4.78 is 6.53. The third-order valence-electron chi connectivity index (χ3n) is 4.46. The lowest BCUT2D eigenvalue weighted by Gasteiger charge is -2.18. The highest BCUT2D eigenvalue weighted by molar-refractivity contribution is 7.17. The number of hydrogen-bond donors (Lipinski definition) is 1.